The van der Waals surface area contributed by atoms with Gasteiger partial charge in [-0.25, -0.2) is 8.78 Å². The van der Waals surface area contributed by atoms with E-state index in [2.05, 4.69) is 37.2 Å². The fourth-order valence-electron chi connectivity index (χ4n) is 2.22. The van der Waals surface area contributed by atoms with Crippen molar-refractivity contribution in [1.29, 1.82) is 0 Å². The van der Waals surface area contributed by atoms with Gasteiger partial charge in [0.15, 0.2) is 11.6 Å². The Bertz CT molecular complexity index is 632. The molecule has 2 rings (SSSR count). The predicted molar refractivity (Wildman–Crippen MR) is 88.3 cm³/mol. The fraction of sp³-hybridized carbons (Fsp3) is 0.250. The molecule has 0 saturated heterocycles. The van der Waals surface area contributed by atoms with E-state index in [1.54, 1.807) is 6.07 Å². The lowest BCUT2D eigenvalue weighted by Crippen LogP contribution is -2.23. The number of benzene rings is 2. The molecule has 0 fully saturated rings. The average molecular weight is 419 g/mol. The predicted octanol–water partition coefficient (Wildman–Crippen LogP) is 5.38. The summed E-state index contributed by atoms with van der Waals surface area (Å²) in [6.45, 7) is 2.80. The zero-order valence-corrected chi connectivity index (χ0v) is 14.6. The van der Waals surface area contributed by atoms with E-state index in [0.717, 1.165) is 26.6 Å². The van der Waals surface area contributed by atoms with E-state index in [0.29, 0.717) is 6.42 Å². The molecule has 0 aliphatic carbocycles. The summed E-state index contributed by atoms with van der Waals surface area (Å²) in [5, 5.41) is 3.38. The van der Waals surface area contributed by atoms with E-state index in [-0.39, 0.29) is 6.04 Å². The Balaban J connectivity index is 2.30. The third-order valence-electron chi connectivity index (χ3n) is 3.21. The Morgan fingerprint density at radius 1 is 1.05 bits per heavy atom. The van der Waals surface area contributed by atoms with Gasteiger partial charge in [-0.3, -0.25) is 0 Å². The molecule has 21 heavy (non-hydrogen) atoms. The van der Waals surface area contributed by atoms with Crippen molar-refractivity contribution in [2.45, 2.75) is 19.4 Å². The highest BCUT2D eigenvalue weighted by molar-refractivity contribution is 9.11. The van der Waals surface area contributed by atoms with Crippen LogP contribution in [-0.4, -0.2) is 6.54 Å². The zero-order chi connectivity index (χ0) is 15.4. The number of hydrogen-bond acceptors (Lipinski definition) is 1. The third kappa shape index (κ3) is 4.34. The second-order valence-corrected chi connectivity index (χ2v) is 6.50. The third-order valence-corrected chi connectivity index (χ3v) is 4.42. The van der Waals surface area contributed by atoms with Crippen molar-refractivity contribution in [3.05, 3.63) is 68.1 Å². The van der Waals surface area contributed by atoms with Gasteiger partial charge in [-0.15, -0.1) is 0 Å². The molecule has 0 aromatic heterocycles. The summed E-state index contributed by atoms with van der Waals surface area (Å²) < 4.78 is 28.3. The Kier molecular flexibility index (Phi) is 5.90. The molecule has 0 saturated carbocycles. The van der Waals surface area contributed by atoms with E-state index < -0.39 is 11.6 Å². The standard InChI is InChI=1S/C16H15Br2F2N/c1-2-21-16(12-9-11(17)4-5-13(12)18)8-10-3-6-14(19)15(20)7-10/h3-7,9,16,21H,2,8H2,1H3. The van der Waals surface area contributed by atoms with Crippen LogP contribution in [0.1, 0.15) is 24.1 Å². The molecular weight excluding hydrogens is 404 g/mol. The Hall–Kier alpha value is -0.780. The molecule has 1 nitrogen and oxygen atoms in total. The molecule has 0 radical (unpaired) electrons. The minimum Gasteiger partial charge on any atom is -0.310 e. The quantitative estimate of drug-likeness (QED) is 0.686. The van der Waals surface area contributed by atoms with Gasteiger partial charge < -0.3 is 5.32 Å². The monoisotopic (exact) mass is 417 g/mol. The van der Waals surface area contributed by atoms with Gasteiger partial charge in [-0.05, 0) is 54.4 Å². The molecule has 5 heteroatoms. The summed E-state index contributed by atoms with van der Waals surface area (Å²) >= 11 is 7.01. The maximum absolute atomic E-state index is 13.3. The van der Waals surface area contributed by atoms with Gasteiger partial charge in [0.1, 0.15) is 0 Å². The van der Waals surface area contributed by atoms with Crippen LogP contribution in [0.2, 0.25) is 0 Å². The average Bonchev–Trinajstić information content (AvgIpc) is 2.45. The lowest BCUT2D eigenvalue weighted by Gasteiger charge is -2.20. The van der Waals surface area contributed by atoms with E-state index in [1.807, 2.05) is 25.1 Å². The molecule has 112 valence electrons. The highest BCUT2D eigenvalue weighted by Gasteiger charge is 2.15. The van der Waals surface area contributed by atoms with Crippen LogP contribution in [0.4, 0.5) is 8.78 Å². The molecule has 0 aliphatic rings. The summed E-state index contributed by atoms with van der Waals surface area (Å²) in [5.41, 5.74) is 1.84. The smallest absolute Gasteiger partial charge is 0.159 e. The van der Waals surface area contributed by atoms with Gasteiger partial charge in [0.05, 0.1) is 0 Å². The molecule has 2 aromatic carbocycles. The molecule has 1 N–H and O–H groups in total. The van der Waals surface area contributed by atoms with Crippen LogP contribution in [0.25, 0.3) is 0 Å². The van der Waals surface area contributed by atoms with Gasteiger partial charge in [0.25, 0.3) is 0 Å². The minimum absolute atomic E-state index is 0.0201. The van der Waals surface area contributed by atoms with E-state index in [4.69, 9.17) is 0 Å². The highest BCUT2D eigenvalue weighted by atomic mass is 79.9. The number of rotatable bonds is 5. The second kappa shape index (κ2) is 7.47. The first-order valence-corrected chi connectivity index (χ1v) is 8.22. The van der Waals surface area contributed by atoms with Gasteiger partial charge in [0.2, 0.25) is 0 Å². The topological polar surface area (TPSA) is 12.0 Å². The van der Waals surface area contributed by atoms with E-state index in [1.165, 1.54) is 12.1 Å². The van der Waals surface area contributed by atoms with Crippen molar-refractivity contribution < 1.29 is 8.78 Å². The van der Waals surface area contributed by atoms with Crippen molar-refractivity contribution in [1.82, 2.24) is 5.32 Å². The van der Waals surface area contributed by atoms with Gasteiger partial charge in [-0.1, -0.05) is 44.8 Å². The van der Waals surface area contributed by atoms with Gasteiger partial charge >= 0.3 is 0 Å². The Morgan fingerprint density at radius 3 is 2.48 bits per heavy atom. The van der Waals surface area contributed by atoms with Crippen molar-refractivity contribution in [3.8, 4) is 0 Å². The lowest BCUT2D eigenvalue weighted by atomic mass is 9.98. The summed E-state index contributed by atoms with van der Waals surface area (Å²) in [7, 11) is 0. The molecule has 2 aromatic rings. The second-order valence-electron chi connectivity index (χ2n) is 4.73. The van der Waals surface area contributed by atoms with Crippen molar-refractivity contribution in [2.24, 2.45) is 0 Å². The van der Waals surface area contributed by atoms with Crippen molar-refractivity contribution >= 4 is 31.9 Å². The zero-order valence-electron chi connectivity index (χ0n) is 11.5. The fourth-order valence-corrected chi connectivity index (χ4v) is 3.12. The number of nitrogens with one attached hydrogen (secondary N) is 1. The molecule has 1 atom stereocenters. The first kappa shape index (κ1) is 16.6. The maximum atomic E-state index is 13.3. The van der Waals surface area contributed by atoms with Crippen molar-refractivity contribution in [2.75, 3.05) is 6.54 Å². The summed E-state index contributed by atoms with van der Waals surface area (Å²) in [6.07, 6.45) is 0.583. The van der Waals surface area contributed by atoms with Gasteiger partial charge in [-0.2, -0.15) is 0 Å². The van der Waals surface area contributed by atoms with E-state index >= 15 is 0 Å². The molecule has 0 aliphatic heterocycles. The molecule has 0 spiro atoms. The summed E-state index contributed by atoms with van der Waals surface area (Å²) in [5.74, 6) is -1.63. The minimum atomic E-state index is -0.817. The Morgan fingerprint density at radius 2 is 1.81 bits per heavy atom. The first-order valence-electron chi connectivity index (χ1n) is 6.63. The highest BCUT2D eigenvalue weighted by Crippen LogP contribution is 2.29. The number of halogens is 4. The largest absolute Gasteiger partial charge is 0.310 e. The molecule has 0 bridgehead atoms. The molecular formula is C16H15Br2F2N. The van der Waals surface area contributed by atoms with E-state index in [9.17, 15) is 8.78 Å². The van der Waals surface area contributed by atoms with Crippen molar-refractivity contribution in [3.63, 3.8) is 0 Å². The van der Waals surface area contributed by atoms with Crippen LogP contribution in [0.3, 0.4) is 0 Å². The summed E-state index contributed by atoms with van der Waals surface area (Å²) in [4.78, 5) is 0. The first-order chi connectivity index (χ1) is 10.0. The van der Waals surface area contributed by atoms with Gasteiger partial charge in [0, 0.05) is 15.0 Å². The van der Waals surface area contributed by atoms with Crippen LogP contribution in [0.15, 0.2) is 45.3 Å². The molecule has 0 heterocycles. The van der Waals surface area contributed by atoms with Crippen LogP contribution in [-0.2, 0) is 6.42 Å². The Labute approximate surface area is 140 Å². The van der Waals surface area contributed by atoms with Crippen LogP contribution in [0.5, 0.6) is 0 Å². The number of likely N-dealkylation sites (N-methyl/N-ethyl adjacent to an activating group) is 1. The SMILES string of the molecule is CCNC(Cc1ccc(F)c(F)c1)c1cc(Br)ccc1Br. The lowest BCUT2D eigenvalue weighted by molar-refractivity contribution is 0.502. The molecule has 1 unspecified atom stereocenters. The normalized spacial score (nSPS) is 12.4. The maximum Gasteiger partial charge on any atom is 0.159 e. The number of hydrogen-bond donors (Lipinski definition) is 1. The molecule has 0 amide bonds. The van der Waals surface area contributed by atoms with Crippen LogP contribution < -0.4 is 5.32 Å². The van der Waals surface area contributed by atoms with Crippen LogP contribution in [0, 0.1) is 11.6 Å². The van der Waals surface area contributed by atoms with Crippen LogP contribution >= 0.6 is 31.9 Å². The summed E-state index contributed by atoms with van der Waals surface area (Å²) in [6, 6.07) is 10.0.